The smallest absolute Gasteiger partial charge is 0.318 e. The Hall–Kier alpha value is -0.420. The lowest BCUT2D eigenvalue weighted by molar-refractivity contribution is 0.468. The predicted octanol–water partition coefficient (Wildman–Crippen LogP) is 2.18. The third-order valence-electron chi connectivity index (χ3n) is 2.89. The summed E-state index contributed by atoms with van der Waals surface area (Å²) in [5.74, 6) is 2.26. The van der Waals surface area contributed by atoms with E-state index in [0.717, 1.165) is 12.3 Å². The SMILES string of the molecule is CC1SCCN(c2nnc(CCCl)o2)C1C. The number of thioether (sulfide) groups is 1. The Morgan fingerprint density at radius 1 is 1.50 bits per heavy atom. The monoisotopic (exact) mass is 261 g/mol. The van der Waals surface area contributed by atoms with Crippen molar-refractivity contribution in [1.29, 1.82) is 0 Å². The number of rotatable bonds is 3. The molecule has 0 bridgehead atoms. The van der Waals surface area contributed by atoms with Crippen molar-refractivity contribution in [1.82, 2.24) is 10.2 Å². The van der Waals surface area contributed by atoms with Crippen LogP contribution in [0.4, 0.5) is 6.01 Å². The van der Waals surface area contributed by atoms with Crippen molar-refractivity contribution in [3.8, 4) is 0 Å². The van der Waals surface area contributed by atoms with Gasteiger partial charge in [0.05, 0.1) is 0 Å². The molecule has 1 aliphatic rings. The fraction of sp³-hybridized carbons (Fsp3) is 0.800. The molecule has 1 aromatic rings. The van der Waals surface area contributed by atoms with Crippen LogP contribution in [0.25, 0.3) is 0 Å². The minimum absolute atomic E-state index is 0.433. The maximum atomic E-state index is 5.64. The zero-order chi connectivity index (χ0) is 11.5. The molecule has 2 heterocycles. The fourth-order valence-electron chi connectivity index (χ4n) is 1.75. The fourth-order valence-corrected chi connectivity index (χ4v) is 3.01. The van der Waals surface area contributed by atoms with E-state index in [1.807, 2.05) is 11.8 Å². The van der Waals surface area contributed by atoms with E-state index in [1.54, 1.807) is 0 Å². The molecule has 0 saturated carbocycles. The minimum Gasteiger partial charge on any atom is -0.408 e. The van der Waals surface area contributed by atoms with Gasteiger partial charge in [0.25, 0.3) is 0 Å². The summed E-state index contributed by atoms with van der Waals surface area (Å²) in [6.45, 7) is 5.40. The van der Waals surface area contributed by atoms with E-state index in [4.69, 9.17) is 16.0 Å². The van der Waals surface area contributed by atoms with Crippen molar-refractivity contribution in [2.45, 2.75) is 31.6 Å². The first-order valence-electron chi connectivity index (χ1n) is 5.49. The molecule has 1 saturated heterocycles. The Morgan fingerprint density at radius 3 is 3.06 bits per heavy atom. The van der Waals surface area contributed by atoms with E-state index in [-0.39, 0.29) is 0 Å². The first-order chi connectivity index (χ1) is 7.72. The molecule has 0 radical (unpaired) electrons. The molecule has 0 N–H and O–H groups in total. The van der Waals surface area contributed by atoms with Gasteiger partial charge < -0.3 is 9.32 Å². The Bertz CT molecular complexity index is 347. The van der Waals surface area contributed by atoms with Gasteiger partial charge in [-0.25, -0.2) is 0 Å². The lowest BCUT2D eigenvalue weighted by Crippen LogP contribution is -2.44. The second kappa shape index (κ2) is 5.27. The Morgan fingerprint density at radius 2 is 2.31 bits per heavy atom. The van der Waals surface area contributed by atoms with E-state index < -0.39 is 0 Å². The largest absolute Gasteiger partial charge is 0.408 e. The van der Waals surface area contributed by atoms with Gasteiger partial charge in [-0.2, -0.15) is 11.8 Å². The molecule has 1 aromatic heterocycles. The third-order valence-corrected chi connectivity index (χ3v) is 4.42. The number of hydrogen-bond acceptors (Lipinski definition) is 5. The number of nitrogens with zero attached hydrogens (tertiary/aromatic N) is 3. The summed E-state index contributed by atoms with van der Waals surface area (Å²) in [6, 6.07) is 1.07. The minimum atomic E-state index is 0.433. The van der Waals surface area contributed by atoms with Crippen molar-refractivity contribution in [3.05, 3.63) is 5.89 Å². The van der Waals surface area contributed by atoms with Crippen molar-refractivity contribution in [2.24, 2.45) is 0 Å². The number of halogens is 1. The molecule has 16 heavy (non-hydrogen) atoms. The first kappa shape index (κ1) is 12.0. The van der Waals surface area contributed by atoms with Gasteiger partial charge in [0.1, 0.15) is 0 Å². The number of alkyl halides is 1. The zero-order valence-corrected chi connectivity index (χ0v) is 11.1. The second-order valence-corrected chi connectivity index (χ2v) is 5.79. The van der Waals surface area contributed by atoms with Crippen molar-refractivity contribution in [2.75, 3.05) is 23.1 Å². The van der Waals surface area contributed by atoms with Gasteiger partial charge in [0.2, 0.25) is 5.89 Å². The lowest BCUT2D eigenvalue weighted by atomic mass is 10.2. The van der Waals surface area contributed by atoms with Crippen LogP contribution in [0.5, 0.6) is 0 Å². The van der Waals surface area contributed by atoms with Crippen LogP contribution >= 0.6 is 23.4 Å². The molecule has 0 amide bonds. The van der Waals surface area contributed by atoms with Gasteiger partial charge in [-0.15, -0.1) is 16.7 Å². The summed E-state index contributed by atoms with van der Waals surface area (Å²) >= 11 is 7.63. The van der Waals surface area contributed by atoms with Crippen LogP contribution in [0.2, 0.25) is 0 Å². The normalized spacial score (nSPS) is 26.1. The Kier molecular flexibility index (Phi) is 3.97. The summed E-state index contributed by atoms with van der Waals surface area (Å²) in [6.07, 6.45) is 0.640. The second-order valence-electron chi connectivity index (χ2n) is 3.93. The Labute approximate surface area is 105 Å². The maximum absolute atomic E-state index is 5.64. The summed E-state index contributed by atoms with van der Waals surface area (Å²) in [5, 5.41) is 8.67. The molecule has 2 unspecified atom stereocenters. The maximum Gasteiger partial charge on any atom is 0.318 e. The van der Waals surface area contributed by atoms with Gasteiger partial charge in [-0.1, -0.05) is 12.0 Å². The van der Waals surface area contributed by atoms with Crippen molar-refractivity contribution < 1.29 is 4.42 Å². The predicted molar refractivity (Wildman–Crippen MR) is 67.5 cm³/mol. The molecular weight excluding hydrogens is 246 g/mol. The molecular formula is C10H16ClN3OS. The van der Waals surface area contributed by atoms with Crippen molar-refractivity contribution >= 4 is 29.4 Å². The first-order valence-corrected chi connectivity index (χ1v) is 7.07. The molecule has 0 aromatic carbocycles. The van der Waals surface area contributed by atoms with Gasteiger partial charge >= 0.3 is 6.01 Å². The van der Waals surface area contributed by atoms with Gasteiger partial charge in [0, 0.05) is 35.9 Å². The number of anilines is 1. The number of aryl methyl sites for hydroxylation is 1. The van der Waals surface area contributed by atoms with Crippen LogP contribution in [0.1, 0.15) is 19.7 Å². The summed E-state index contributed by atoms with van der Waals surface area (Å²) in [7, 11) is 0. The highest BCUT2D eigenvalue weighted by molar-refractivity contribution is 8.00. The van der Waals surface area contributed by atoms with Crippen LogP contribution < -0.4 is 4.90 Å². The van der Waals surface area contributed by atoms with E-state index >= 15 is 0 Å². The van der Waals surface area contributed by atoms with Crippen LogP contribution in [-0.2, 0) is 6.42 Å². The van der Waals surface area contributed by atoms with Gasteiger partial charge in [-0.05, 0) is 6.92 Å². The lowest BCUT2D eigenvalue weighted by Gasteiger charge is -2.35. The van der Waals surface area contributed by atoms with Gasteiger partial charge in [-0.3, -0.25) is 0 Å². The molecule has 4 nitrogen and oxygen atoms in total. The van der Waals surface area contributed by atoms with Gasteiger partial charge in [0.15, 0.2) is 0 Å². The number of aromatic nitrogens is 2. The zero-order valence-electron chi connectivity index (χ0n) is 9.52. The quantitative estimate of drug-likeness (QED) is 0.781. The van der Waals surface area contributed by atoms with Crippen LogP contribution in [0.3, 0.4) is 0 Å². The standard InChI is InChI=1S/C10H16ClN3OS/c1-7-8(2)16-6-5-14(7)10-13-12-9(15-10)3-4-11/h7-8H,3-6H2,1-2H3. The highest BCUT2D eigenvalue weighted by Gasteiger charge is 2.28. The summed E-state index contributed by atoms with van der Waals surface area (Å²) in [4.78, 5) is 2.19. The molecule has 2 rings (SSSR count). The van der Waals surface area contributed by atoms with E-state index in [2.05, 4.69) is 28.9 Å². The highest BCUT2D eigenvalue weighted by atomic mass is 35.5. The molecule has 0 spiro atoms. The molecule has 1 fully saturated rings. The average Bonchev–Trinajstić information content (AvgIpc) is 2.71. The third kappa shape index (κ3) is 2.46. The van der Waals surface area contributed by atoms with Crippen molar-refractivity contribution in [3.63, 3.8) is 0 Å². The van der Waals surface area contributed by atoms with E-state index in [1.165, 1.54) is 0 Å². The average molecular weight is 262 g/mol. The molecule has 0 aliphatic carbocycles. The van der Waals surface area contributed by atoms with E-state index in [0.29, 0.717) is 35.5 Å². The van der Waals surface area contributed by atoms with Crippen LogP contribution in [0, 0.1) is 0 Å². The summed E-state index contributed by atoms with van der Waals surface area (Å²) in [5.41, 5.74) is 0. The molecule has 1 aliphatic heterocycles. The topological polar surface area (TPSA) is 42.2 Å². The van der Waals surface area contributed by atoms with Crippen LogP contribution in [0.15, 0.2) is 4.42 Å². The highest BCUT2D eigenvalue weighted by Crippen LogP contribution is 2.28. The molecule has 90 valence electrons. The van der Waals surface area contributed by atoms with Crippen LogP contribution in [-0.4, -0.2) is 39.7 Å². The molecule has 6 heteroatoms. The summed E-state index contributed by atoms with van der Waals surface area (Å²) < 4.78 is 5.59. The molecule has 2 atom stereocenters. The van der Waals surface area contributed by atoms with E-state index in [9.17, 15) is 0 Å². The Balaban J connectivity index is 2.09. The number of hydrogen-bond donors (Lipinski definition) is 0.